The largest absolute Gasteiger partial charge is 0.659 e. The number of carbonyl (C=O) groups is 2. The van der Waals surface area contributed by atoms with Gasteiger partial charge < -0.3 is 38.9 Å². The van der Waals surface area contributed by atoms with Crippen molar-refractivity contribution in [1.82, 2.24) is 0 Å². The lowest BCUT2D eigenvalue weighted by molar-refractivity contribution is -0.136. The number of ketones is 1. The van der Waals surface area contributed by atoms with Gasteiger partial charge in [0.2, 0.25) is 8.32 Å². The number of allylic oxidation sites excluding steroid dienone is 1. The Bertz CT molecular complexity index is 706. The summed E-state index contributed by atoms with van der Waals surface area (Å²) in [5, 5.41) is 0. The topological polar surface area (TPSA) is 117 Å². The molecule has 0 radical (unpaired) electrons. The van der Waals surface area contributed by atoms with E-state index in [0.717, 1.165) is 6.08 Å². The Balaban J connectivity index is 5.75. The molecule has 0 spiro atoms. The summed E-state index contributed by atoms with van der Waals surface area (Å²) in [5.41, 5.74) is 0. The van der Waals surface area contributed by atoms with E-state index in [0.29, 0.717) is 0 Å². The van der Waals surface area contributed by atoms with Gasteiger partial charge in [0, 0.05) is 40.6 Å². The van der Waals surface area contributed by atoms with Gasteiger partial charge in [-0.3, -0.25) is 4.79 Å². The van der Waals surface area contributed by atoms with Gasteiger partial charge in [-0.1, -0.05) is 13.2 Å². The average Bonchev–Trinajstić information content (AvgIpc) is 2.75. The van der Waals surface area contributed by atoms with E-state index in [9.17, 15) is 9.59 Å². The summed E-state index contributed by atoms with van der Waals surface area (Å²) in [7, 11) is -10.2. The van der Waals surface area contributed by atoms with E-state index < -0.39 is 49.3 Å². The normalized spacial score (nSPS) is 13.5. The van der Waals surface area contributed by atoms with Gasteiger partial charge in [0.25, 0.3) is 0 Å². The van der Waals surface area contributed by atoms with Gasteiger partial charge in [0.05, 0.1) is 0 Å². The highest BCUT2D eigenvalue weighted by Crippen LogP contribution is 2.28. The van der Waals surface area contributed by atoms with Crippen LogP contribution in [-0.4, -0.2) is 89.7 Å². The zero-order valence-electron chi connectivity index (χ0n) is 22.0. The second-order valence-electron chi connectivity index (χ2n) is 8.80. The summed E-state index contributed by atoms with van der Waals surface area (Å²) < 4.78 is 52.5. The van der Waals surface area contributed by atoms with Gasteiger partial charge in [-0.25, -0.2) is 4.79 Å². The Labute approximate surface area is 208 Å². The molecule has 0 saturated heterocycles. The minimum atomic E-state index is -3.73. The molecular weight excluding hydrogens is 533 g/mol. The Morgan fingerprint density at radius 1 is 0.676 bits per heavy atom. The van der Waals surface area contributed by atoms with E-state index in [1.54, 1.807) is 13.1 Å². The van der Waals surface area contributed by atoms with Crippen molar-refractivity contribution in [2.45, 2.75) is 45.3 Å². The molecule has 0 aliphatic heterocycles. The number of hydrogen-bond acceptors (Lipinski definition) is 11. The van der Waals surface area contributed by atoms with E-state index in [-0.39, 0.29) is 18.1 Å². The molecule has 0 atom stereocenters. The summed E-state index contributed by atoms with van der Waals surface area (Å²) in [6.07, 6.45) is 2.38. The number of carbonyl (C=O) groups excluding carboxylic acids is 2. The third kappa shape index (κ3) is 11.4. The van der Waals surface area contributed by atoms with E-state index in [1.807, 2.05) is 26.2 Å². The second kappa shape index (κ2) is 13.6. The number of esters is 1. The predicted molar refractivity (Wildman–Crippen MR) is 137 cm³/mol. The maximum Gasteiger partial charge on any atom is 0.659 e. The summed E-state index contributed by atoms with van der Waals surface area (Å²) in [6.45, 7) is 17.8. The van der Waals surface area contributed by atoms with Gasteiger partial charge in [0.1, 0.15) is 6.23 Å². The SMILES string of the molecule is C=CC(=O)C[Si](C)(C)O[Si](OC)(OC)O[Si](C)(C)O[Si](OC)(OC)O[Si](C)(C)COC(=O)C=C. The molecule has 0 N–H and O–H groups in total. The first kappa shape index (κ1) is 33.4. The van der Waals surface area contributed by atoms with Gasteiger partial charge in [0.15, 0.2) is 14.1 Å². The van der Waals surface area contributed by atoms with Gasteiger partial charge in [-0.2, -0.15) is 0 Å². The lowest BCUT2D eigenvalue weighted by Crippen LogP contribution is -2.65. The number of rotatable bonds is 18. The van der Waals surface area contributed by atoms with E-state index in [1.165, 1.54) is 34.5 Å². The van der Waals surface area contributed by atoms with Crippen molar-refractivity contribution < 1.29 is 48.5 Å². The van der Waals surface area contributed by atoms with Crippen LogP contribution in [-0.2, 0) is 48.5 Å². The molecule has 0 unspecified atom stereocenters. The Morgan fingerprint density at radius 3 is 1.44 bits per heavy atom. The predicted octanol–water partition coefficient (Wildman–Crippen LogP) is 2.65. The van der Waals surface area contributed by atoms with Gasteiger partial charge in [-0.05, 0) is 45.4 Å². The first-order valence-corrected chi connectivity index (χ1v) is 22.8. The molecule has 0 fully saturated rings. The lowest BCUT2D eigenvalue weighted by atomic mass is 10.4. The fraction of sp³-hybridized carbons (Fsp3) is 0.667. The molecule has 198 valence electrons. The van der Waals surface area contributed by atoms with Crippen LogP contribution in [0.4, 0.5) is 0 Å². The van der Waals surface area contributed by atoms with Crippen LogP contribution in [0.25, 0.3) is 0 Å². The molecule has 0 rings (SSSR count). The van der Waals surface area contributed by atoms with Gasteiger partial charge >= 0.3 is 32.6 Å². The summed E-state index contributed by atoms with van der Waals surface area (Å²) >= 11 is 0. The van der Waals surface area contributed by atoms with Crippen LogP contribution >= 0.6 is 0 Å². The molecule has 0 heterocycles. The molecule has 0 amide bonds. The standard InChI is InChI=1S/C18H40O11Si5/c1-13-17(19)15-30(7,8)26-33(21-3,22-4)28-32(11,12)29-34(23-5,24-6)27-31(9,10)16-25-18(20)14-2/h13-14H,1-2,15-16H2,3-12H3. The first-order valence-electron chi connectivity index (χ1n) is 10.4. The van der Waals surface area contributed by atoms with E-state index >= 15 is 0 Å². The fourth-order valence-corrected chi connectivity index (χ4v) is 19.6. The zero-order valence-corrected chi connectivity index (χ0v) is 27.0. The number of ether oxygens (including phenoxy) is 1. The third-order valence-electron chi connectivity index (χ3n) is 4.10. The quantitative estimate of drug-likeness (QED) is 0.137. The van der Waals surface area contributed by atoms with Crippen LogP contribution in [0.5, 0.6) is 0 Å². The molecule has 0 aliphatic rings. The van der Waals surface area contributed by atoms with Crippen molar-refractivity contribution in [1.29, 1.82) is 0 Å². The highest BCUT2D eigenvalue weighted by molar-refractivity contribution is 6.87. The van der Waals surface area contributed by atoms with Crippen LogP contribution in [0.15, 0.2) is 25.3 Å². The fourth-order valence-electron chi connectivity index (χ4n) is 2.70. The van der Waals surface area contributed by atoms with Crippen molar-refractivity contribution in [3.8, 4) is 0 Å². The maximum atomic E-state index is 11.9. The Morgan fingerprint density at radius 2 is 1.09 bits per heavy atom. The number of hydrogen-bond donors (Lipinski definition) is 0. The molecule has 0 bridgehead atoms. The minimum absolute atomic E-state index is 0.0422. The van der Waals surface area contributed by atoms with Crippen LogP contribution in [0.1, 0.15) is 0 Å². The molecule has 16 heteroatoms. The van der Waals surface area contributed by atoms with Crippen molar-refractivity contribution in [2.24, 2.45) is 0 Å². The second-order valence-corrected chi connectivity index (χ2v) is 26.2. The third-order valence-corrected chi connectivity index (χ3v) is 20.5. The summed E-state index contributed by atoms with van der Waals surface area (Å²) in [4.78, 5) is 23.4. The molecule has 11 nitrogen and oxygen atoms in total. The average molecular weight is 573 g/mol. The molecule has 34 heavy (non-hydrogen) atoms. The molecule has 0 aromatic heterocycles. The smallest absolute Gasteiger partial charge is 0.463 e. The monoisotopic (exact) mass is 572 g/mol. The van der Waals surface area contributed by atoms with Crippen LogP contribution in [0, 0.1) is 0 Å². The van der Waals surface area contributed by atoms with Crippen LogP contribution in [0.3, 0.4) is 0 Å². The molecule has 0 saturated carbocycles. The molecular formula is C18H40O11Si5. The zero-order chi connectivity index (χ0) is 26.8. The summed E-state index contributed by atoms with van der Waals surface area (Å²) in [6, 6.07) is 0.186. The van der Waals surface area contributed by atoms with Gasteiger partial charge in [-0.15, -0.1) is 0 Å². The first-order chi connectivity index (χ1) is 15.5. The van der Waals surface area contributed by atoms with E-state index in [2.05, 4.69) is 13.2 Å². The maximum absolute atomic E-state index is 11.9. The lowest BCUT2D eigenvalue weighted by Gasteiger charge is -2.41. The summed E-state index contributed by atoms with van der Waals surface area (Å²) in [5.74, 6) is -0.692. The highest BCUT2D eigenvalue weighted by atomic mass is 28.5. The van der Waals surface area contributed by atoms with Crippen molar-refractivity contribution in [3.63, 3.8) is 0 Å². The Kier molecular flexibility index (Phi) is 13.4. The van der Waals surface area contributed by atoms with E-state index in [4.69, 9.17) is 38.9 Å². The van der Waals surface area contributed by atoms with Crippen molar-refractivity contribution in [2.75, 3.05) is 34.7 Å². The van der Waals surface area contributed by atoms with Crippen molar-refractivity contribution >= 4 is 55.0 Å². The van der Waals surface area contributed by atoms with Crippen LogP contribution in [0.2, 0.25) is 45.3 Å². The Hall–Kier alpha value is -0.616. The van der Waals surface area contributed by atoms with Crippen molar-refractivity contribution in [3.05, 3.63) is 25.3 Å². The minimum Gasteiger partial charge on any atom is -0.463 e. The molecule has 0 aromatic rings. The van der Waals surface area contributed by atoms with Crippen LogP contribution < -0.4 is 0 Å². The molecule has 0 aliphatic carbocycles. The highest BCUT2D eigenvalue weighted by Gasteiger charge is 2.58. The molecule has 0 aromatic carbocycles.